The van der Waals surface area contributed by atoms with Crippen molar-refractivity contribution in [3.8, 4) is 0 Å². The molecule has 1 aromatic carbocycles. The van der Waals surface area contributed by atoms with Crippen LogP contribution in [0.4, 0.5) is 4.39 Å². The second kappa shape index (κ2) is 6.15. The molecule has 1 saturated carbocycles. The van der Waals surface area contributed by atoms with E-state index in [2.05, 4.69) is 0 Å². The number of aliphatic carboxylic acids is 1. The highest BCUT2D eigenvalue weighted by atomic mass is 32.2. The Bertz CT molecular complexity index is 651. The van der Waals surface area contributed by atoms with Crippen molar-refractivity contribution in [2.45, 2.75) is 37.5 Å². The number of nitrogens with zero attached hydrogens (tertiary/aromatic N) is 1. The van der Waals surface area contributed by atoms with Crippen LogP contribution in [0.15, 0.2) is 18.2 Å². The average Bonchev–Trinajstić information content (AvgIpc) is 3.08. The van der Waals surface area contributed by atoms with Gasteiger partial charge in [0.05, 0.1) is 5.41 Å². The van der Waals surface area contributed by atoms with Gasteiger partial charge in [0.15, 0.2) is 0 Å². The molecular weight excluding hydrogens is 317 g/mol. The number of carbonyl (C=O) groups is 2. The molecular formula is C17H20FNO3S. The molecule has 124 valence electrons. The maximum Gasteiger partial charge on any atom is 0.311 e. The van der Waals surface area contributed by atoms with Gasteiger partial charge in [0.25, 0.3) is 5.91 Å². The number of fused-ring (bicyclic) bond motifs is 1. The summed E-state index contributed by atoms with van der Waals surface area (Å²) < 4.78 is 13.8. The van der Waals surface area contributed by atoms with Gasteiger partial charge in [-0.15, -0.1) is 0 Å². The van der Waals surface area contributed by atoms with E-state index in [1.165, 1.54) is 23.9 Å². The standard InChI is InChI=1S/C17H20FNO3S/c1-23-10-12-9-11(4-5-13(12)18)15(20)19-8-7-17(16(21)22)6-2-3-14(17)19/h4-5,9,14H,2-3,6-8,10H2,1H3,(H,21,22)/t14-,17+/m0/s1. The highest BCUT2D eigenvalue weighted by Gasteiger charge is 2.56. The summed E-state index contributed by atoms with van der Waals surface area (Å²) in [6.45, 7) is 0.463. The van der Waals surface area contributed by atoms with Gasteiger partial charge in [0.2, 0.25) is 0 Å². The Morgan fingerprint density at radius 1 is 1.43 bits per heavy atom. The first-order valence-electron chi connectivity index (χ1n) is 7.81. The summed E-state index contributed by atoms with van der Waals surface area (Å²) in [5, 5.41) is 9.60. The van der Waals surface area contributed by atoms with Crippen LogP contribution < -0.4 is 0 Å². The van der Waals surface area contributed by atoms with Gasteiger partial charge in [-0.1, -0.05) is 6.42 Å². The molecule has 0 unspecified atom stereocenters. The van der Waals surface area contributed by atoms with Crippen molar-refractivity contribution >= 4 is 23.6 Å². The van der Waals surface area contributed by atoms with Gasteiger partial charge in [-0.3, -0.25) is 9.59 Å². The SMILES string of the molecule is CSCc1cc(C(=O)N2CC[C@]3(C(=O)O)CCC[C@H]23)ccc1F. The third kappa shape index (κ3) is 2.63. The van der Waals surface area contributed by atoms with Gasteiger partial charge < -0.3 is 10.0 Å². The van der Waals surface area contributed by atoms with Crippen molar-refractivity contribution in [3.05, 3.63) is 35.1 Å². The highest BCUT2D eigenvalue weighted by molar-refractivity contribution is 7.97. The fourth-order valence-electron chi connectivity index (χ4n) is 4.01. The molecule has 1 aromatic rings. The molecule has 6 heteroatoms. The molecule has 2 aliphatic rings. The Morgan fingerprint density at radius 3 is 2.91 bits per heavy atom. The van der Waals surface area contributed by atoms with Gasteiger partial charge in [0.1, 0.15) is 5.82 Å². The summed E-state index contributed by atoms with van der Waals surface area (Å²) in [7, 11) is 0. The summed E-state index contributed by atoms with van der Waals surface area (Å²) in [5.74, 6) is -0.770. The number of carboxylic acids is 1. The number of hydrogen-bond acceptors (Lipinski definition) is 3. The lowest BCUT2D eigenvalue weighted by Gasteiger charge is -2.29. The lowest BCUT2D eigenvalue weighted by molar-refractivity contribution is -0.149. The van der Waals surface area contributed by atoms with Gasteiger partial charge in [-0.05, 0) is 49.3 Å². The molecule has 2 atom stereocenters. The summed E-state index contributed by atoms with van der Waals surface area (Å²) in [5.41, 5.74) is 0.180. The van der Waals surface area contributed by atoms with Crippen LogP contribution in [-0.2, 0) is 10.5 Å². The molecule has 0 spiro atoms. The lowest BCUT2D eigenvalue weighted by atomic mass is 9.82. The van der Waals surface area contributed by atoms with Crippen LogP contribution in [0, 0.1) is 11.2 Å². The topological polar surface area (TPSA) is 57.6 Å². The van der Waals surface area contributed by atoms with Crippen LogP contribution in [0.1, 0.15) is 41.6 Å². The van der Waals surface area contributed by atoms with Crippen LogP contribution in [-0.4, -0.2) is 40.7 Å². The lowest BCUT2D eigenvalue weighted by Crippen LogP contribution is -2.43. The van der Waals surface area contributed by atoms with Gasteiger partial charge >= 0.3 is 5.97 Å². The van der Waals surface area contributed by atoms with Crippen LogP contribution in [0.2, 0.25) is 0 Å². The van der Waals surface area contributed by atoms with Crippen molar-refractivity contribution in [2.24, 2.45) is 5.41 Å². The molecule has 1 amide bonds. The zero-order valence-electron chi connectivity index (χ0n) is 13.0. The fourth-order valence-corrected chi connectivity index (χ4v) is 4.55. The minimum absolute atomic E-state index is 0.178. The quantitative estimate of drug-likeness (QED) is 0.917. The molecule has 0 radical (unpaired) electrons. The first-order chi connectivity index (χ1) is 11.0. The molecule has 1 N–H and O–H groups in total. The molecule has 3 rings (SSSR count). The number of halogens is 1. The van der Waals surface area contributed by atoms with E-state index in [0.717, 1.165) is 12.8 Å². The van der Waals surface area contributed by atoms with Crippen LogP contribution in [0.3, 0.4) is 0 Å². The van der Waals surface area contributed by atoms with Gasteiger partial charge in [-0.2, -0.15) is 11.8 Å². The Kier molecular flexibility index (Phi) is 4.36. The van der Waals surface area contributed by atoms with Crippen molar-refractivity contribution in [1.29, 1.82) is 0 Å². The molecule has 2 fully saturated rings. The molecule has 23 heavy (non-hydrogen) atoms. The second-order valence-electron chi connectivity index (χ2n) is 6.36. The Labute approximate surface area is 139 Å². The summed E-state index contributed by atoms with van der Waals surface area (Å²) >= 11 is 1.50. The Hall–Kier alpha value is -1.56. The Balaban J connectivity index is 1.87. The van der Waals surface area contributed by atoms with E-state index in [-0.39, 0.29) is 17.8 Å². The first kappa shape index (κ1) is 16.3. The van der Waals surface area contributed by atoms with Crippen LogP contribution >= 0.6 is 11.8 Å². The largest absolute Gasteiger partial charge is 0.481 e. The number of rotatable bonds is 4. The molecule has 1 saturated heterocycles. The van der Waals surface area contributed by atoms with Crippen LogP contribution in [0.5, 0.6) is 0 Å². The number of carbonyl (C=O) groups excluding carboxylic acids is 1. The fraction of sp³-hybridized carbons (Fsp3) is 0.529. The van der Waals surface area contributed by atoms with Gasteiger partial charge in [-0.25, -0.2) is 4.39 Å². The number of thioether (sulfide) groups is 1. The summed E-state index contributed by atoms with van der Waals surface area (Å²) in [6, 6.07) is 4.19. The monoisotopic (exact) mass is 337 g/mol. The van der Waals surface area contributed by atoms with E-state index in [9.17, 15) is 19.1 Å². The number of carboxylic acid groups (broad SMARTS) is 1. The van der Waals surface area contributed by atoms with E-state index in [1.807, 2.05) is 6.26 Å². The van der Waals surface area contributed by atoms with E-state index in [0.29, 0.717) is 36.3 Å². The number of benzene rings is 1. The predicted octanol–water partition coefficient (Wildman–Crippen LogP) is 3.16. The molecule has 1 aliphatic heterocycles. The zero-order chi connectivity index (χ0) is 16.6. The minimum Gasteiger partial charge on any atom is -0.481 e. The van der Waals surface area contributed by atoms with E-state index in [1.54, 1.807) is 11.0 Å². The molecule has 1 aliphatic carbocycles. The van der Waals surface area contributed by atoms with Crippen LogP contribution in [0.25, 0.3) is 0 Å². The van der Waals surface area contributed by atoms with Gasteiger partial charge in [0, 0.05) is 23.9 Å². The average molecular weight is 337 g/mol. The Morgan fingerprint density at radius 2 is 2.22 bits per heavy atom. The first-order valence-corrected chi connectivity index (χ1v) is 9.21. The van der Waals surface area contributed by atoms with Crippen molar-refractivity contribution < 1.29 is 19.1 Å². The summed E-state index contributed by atoms with van der Waals surface area (Å²) in [6.07, 6.45) is 4.60. The van der Waals surface area contributed by atoms with E-state index >= 15 is 0 Å². The van der Waals surface area contributed by atoms with E-state index < -0.39 is 11.4 Å². The number of hydrogen-bond donors (Lipinski definition) is 1. The van der Waals surface area contributed by atoms with Crippen molar-refractivity contribution in [1.82, 2.24) is 4.90 Å². The summed E-state index contributed by atoms with van der Waals surface area (Å²) in [4.78, 5) is 26.2. The molecule has 4 nitrogen and oxygen atoms in total. The number of amides is 1. The molecule has 0 bridgehead atoms. The molecule has 0 aromatic heterocycles. The van der Waals surface area contributed by atoms with E-state index in [4.69, 9.17) is 0 Å². The smallest absolute Gasteiger partial charge is 0.311 e. The van der Waals surface area contributed by atoms with Crippen molar-refractivity contribution in [2.75, 3.05) is 12.8 Å². The molecule has 1 heterocycles. The number of likely N-dealkylation sites (tertiary alicyclic amines) is 1. The maximum atomic E-state index is 13.8. The minimum atomic E-state index is -0.794. The van der Waals surface area contributed by atoms with Crippen molar-refractivity contribution in [3.63, 3.8) is 0 Å². The third-order valence-electron chi connectivity index (χ3n) is 5.19. The maximum absolute atomic E-state index is 13.8. The highest BCUT2D eigenvalue weighted by Crippen LogP contribution is 2.49. The zero-order valence-corrected chi connectivity index (χ0v) is 13.9. The third-order valence-corrected chi connectivity index (χ3v) is 5.79. The normalized spacial score (nSPS) is 26.3. The predicted molar refractivity (Wildman–Crippen MR) is 87.0 cm³/mol. The second-order valence-corrected chi connectivity index (χ2v) is 7.22.